The predicted octanol–water partition coefficient (Wildman–Crippen LogP) is 3.67. The maximum Gasteiger partial charge on any atom is 0.129 e. The van der Waals surface area contributed by atoms with Gasteiger partial charge in [0.2, 0.25) is 0 Å². The van der Waals surface area contributed by atoms with Crippen LogP contribution in [0.2, 0.25) is 0 Å². The highest BCUT2D eigenvalue weighted by atomic mass is 16.5. The first-order valence-electron chi connectivity index (χ1n) is 6.40. The maximum atomic E-state index is 9.61. The van der Waals surface area contributed by atoms with Gasteiger partial charge in [-0.2, -0.15) is 0 Å². The van der Waals surface area contributed by atoms with Gasteiger partial charge in [-0.3, -0.25) is 0 Å². The van der Waals surface area contributed by atoms with E-state index in [9.17, 15) is 5.11 Å². The fraction of sp³-hybridized carbons (Fsp3) is 0.176. The van der Waals surface area contributed by atoms with Crippen molar-refractivity contribution in [2.75, 3.05) is 14.2 Å². The monoisotopic (exact) mass is 270 g/mol. The van der Waals surface area contributed by atoms with Crippen LogP contribution in [-0.2, 0) is 6.42 Å². The SMILES string of the molecule is COc1cc(O)cc(OC)c1CC=Cc1ccccc1. The lowest BCUT2D eigenvalue weighted by Crippen LogP contribution is -1.95. The number of benzene rings is 2. The summed E-state index contributed by atoms with van der Waals surface area (Å²) in [5.41, 5.74) is 2.06. The van der Waals surface area contributed by atoms with Crippen LogP contribution in [0.5, 0.6) is 17.2 Å². The first-order chi connectivity index (χ1) is 9.74. The Morgan fingerprint density at radius 1 is 1.00 bits per heavy atom. The topological polar surface area (TPSA) is 38.7 Å². The Labute approximate surface area is 119 Å². The van der Waals surface area contributed by atoms with Crippen LogP contribution in [0.15, 0.2) is 48.5 Å². The second kappa shape index (κ2) is 6.66. The number of hydrogen-bond acceptors (Lipinski definition) is 3. The molecule has 3 heteroatoms. The molecule has 0 radical (unpaired) electrons. The second-order valence-electron chi connectivity index (χ2n) is 4.35. The van der Waals surface area contributed by atoms with Gasteiger partial charge in [-0.15, -0.1) is 0 Å². The molecule has 20 heavy (non-hydrogen) atoms. The first kappa shape index (κ1) is 14.0. The van der Waals surface area contributed by atoms with Crippen LogP contribution in [0, 0.1) is 0 Å². The third-order valence-electron chi connectivity index (χ3n) is 3.02. The number of rotatable bonds is 5. The zero-order chi connectivity index (χ0) is 14.4. The van der Waals surface area contributed by atoms with Gasteiger partial charge in [0.05, 0.1) is 14.2 Å². The summed E-state index contributed by atoms with van der Waals surface area (Å²) < 4.78 is 10.6. The molecule has 0 heterocycles. The summed E-state index contributed by atoms with van der Waals surface area (Å²) in [7, 11) is 3.16. The quantitative estimate of drug-likeness (QED) is 0.901. The van der Waals surface area contributed by atoms with Crippen LogP contribution in [0.3, 0.4) is 0 Å². The number of allylic oxidation sites excluding steroid dienone is 1. The maximum absolute atomic E-state index is 9.61. The number of aromatic hydroxyl groups is 1. The lowest BCUT2D eigenvalue weighted by Gasteiger charge is -2.12. The summed E-state index contributed by atoms with van der Waals surface area (Å²) in [6.07, 6.45) is 4.76. The highest BCUT2D eigenvalue weighted by Crippen LogP contribution is 2.34. The van der Waals surface area contributed by atoms with Gasteiger partial charge >= 0.3 is 0 Å². The van der Waals surface area contributed by atoms with Crippen LogP contribution in [0.25, 0.3) is 6.08 Å². The Morgan fingerprint density at radius 2 is 1.60 bits per heavy atom. The van der Waals surface area contributed by atoms with E-state index < -0.39 is 0 Å². The Kier molecular flexibility index (Phi) is 4.66. The van der Waals surface area contributed by atoms with Gasteiger partial charge in [-0.05, 0) is 12.0 Å². The molecule has 0 aliphatic heterocycles. The zero-order valence-electron chi connectivity index (χ0n) is 11.7. The molecular weight excluding hydrogens is 252 g/mol. The van der Waals surface area contributed by atoms with E-state index in [1.165, 1.54) is 0 Å². The minimum absolute atomic E-state index is 0.134. The molecule has 0 saturated heterocycles. The highest BCUT2D eigenvalue weighted by Gasteiger charge is 2.10. The van der Waals surface area contributed by atoms with E-state index in [2.05, 4.69) is 0 Å². The number of phenols is 1. The average Bonchev–Trinajstić information content (AvgIpc) is 2.49. The van der Waals surface area contributed by atoms with E-state index in [1.807, 2.05) is 42.5 Å². The smallest absolute Gasteiger partial charge is 0.129 e. The molecule has 0 saturated carbocycles. The van der Waals surface area contributed by atoms with E-state index in [1.54, 1.807) is 26.4 Å². The van der Waals surface area contributed by atoms with E-state index >= 15 is 0 Å². The standard InChI is InChI=1S/C17H18O3/c1-19-16-11-14(18)12-17(20-2)15(16)10-6-9-13-7-4-3-5-8-13/h3-9,11-12,18H,10H2,1-2H3. The Morgan fingerprint density at radius 3 is 2.15 bits per heavy atom. The van der Waals surface area contributed by atoms with Crippen molar-refractivity contribution in [2.24, 2.45) is 0 Å². The molecule has 3 nitrogen and oxygen atoms in total. The molecule has 0 amide bonds. The molecule has 2 rings (SSSR count). The van der Waals surface area contributed by atoms with Crippen LogP contribution in [-0.4, -0.2) is 19.3 Å². The fourth-order valence-electron chi connectivity index (χ4n) is 2.05. The third-order valence-corrected chi connectivity index (χ3v) is 3.02. The predicted molar refractivity (Wildman–Crippen MR) is 80.4 cm³/mol. The Hall–Kier alpha value is -2.42. The molecular formula is C17H18O3. The van der Waals surface area contributed by atoms with Crippen molar-refractivity contribution in [1.82, 2.24) is 0 Å². The van der Waals surface area contributed by atoms with Gasteiger partial charge in [-0.1, -0.05) is 42.5 Å². The first-order valence-corrected chi connectivity index (χ1v) is 6.40. The summed E-state index contributed by atoms with van der Waals surface area (Å²) in [6, 6.07) is 13.3. The minimum atomic E-state index is 0.134. The van der Waals surface area contributed by atoms with E-state index in [0.29, 0.717) is 17.9 Å². The molecule has 0 aliphatic carbocycles. The zero-order valence-corrected chi connectivity index (χ0v) is 11.7. The molecule has 0 aromatic heterocycles. The lowest BCUT2D eigenvalue weighted by molar-refractivity contribution is 0.378. The lowest BCUT2D eigenvalue weighted by atomic mass is 10.1. The average molecular weight is 270 g/mol. The summed E-state index contributed by atoms with van der Waals surface area (Å²) in [5, 5.41) is 9.61. The second-order valence-corrected chi connectivity index (χ2v) is 4.35. The summed E-state index contributed by atoms with van der Waals surface area (Å²) in [4.78, 5) is 0. The molecule has 1 N–H and O–H groups in total. The number of methoxy groups -OCH3 is 2. The summed E-state index contributed by atoms with van der Waals surface area (Å²) >= 11 is 0. The van der Waals surface area contributed by atoms with Gasteiger partial charge in [0.15, 0.2) is 0 Å². The van der Waals surface area contributed by atoms with Crippen LogP contribution in [0.4, 0.5) is 0 Å². The molecule has 104 valence electrons. The summed E-state index contributed by atoms with van der Waals surface area (Å²) in [6.45, 7) is 0. The van der Waals surface area contributed by atoms with Gasteiger partial charge in [0.1, 0.15) is 17.2 Å². The van der Waals surface area contributed by atoms with Crippen LogP contribution >= 0.6 is 0 Å². The Balaban J connectivity index is 2.22. The number of ether oxygens (including phenoxy) is 2. The normalized spacial score (nSPS) is 10.7. The van der Waals surface area contributed by atoms with Crippen molar-refractivity contribution in [2.45, 2.75) is 6.42 Å². The molecule has 0 unspecified atom stereocenters. The highest BCUT2D eigenvalue weighted by molar-refractivity contribution is 5.54. The van der Waals surface area contributed by atoms with Crippen LogP contribution < -0.4 is 9.47 Å². The Bertz CT molecular complexity index is 563. The van der Waals surface area contributed by atoms with Gasteiger partial charge in [-0.25, -0.2) is 0 Å². The number of hydrogen-bond donors (Lipinski definition) is 1. The van der Waals surface area contributed by atoms with E-state index in [4.69, 9.17) is 9.47 Å². The van der Waals surface area contributed by atoms with Gasteiger partial charge in [0, 0.05) is 17.7 Å². The largest absolute Gasteiger partial charge is 0.508 e. The van der Waals surface area contributed by atoms with Crippen molar-refractivity contribution >= 4 is 6.08 Å². The molecule has 2 aromatic carbocycles. The van der Waals surface area contributed by atoms with E-state index in [-0.39, 0.29) is 5.75 Å². The number of phenolic OH excluding ortho intramolecular Hbond substituents is 1. The molecule has 0 fully saturated rings. The van der Waals surface area contributed by atoms with Crippen molar-refractivity contribution in [3.8, 4) is 17.2 Å². The molecule has 0 bridgehead atoms. The van der Waals surface area contributed by atoms with Gasteiger partial charge in [0.25, 0.3) is 0 Å². The van der Waals surface area contributed by atoms with Crippen molar-refractivity contribution < 1.29 is 14.6 Å². The molecule has 2 aromatic rings. The van der Waals surface area contributed by atoms with Crippen molar-refractivity contribution in [3.63, 3.8) is 0 Å². The van der Waals surface area contributed by atoms with Crippen molar-refractivity contribution in [3.05, 3.63) is 59.7 Å². The molecule has 0 aliphatic rings. The third kappa shape index (κ3) is 3.32. The van der Waals surface area contributed by atoms with E-state index in [0.717, 1.165) is 11.1 Å². The van der Waals surface area contributed by atoms with Gasteiger partial charge < -0.3 is 14.6 Å². The fourth-order valence-corrected chi connectivity index (χ4v) is 2.05. The molecule has 0 atom stereocenters. The summed E-state index contributed by atoms with van der Waals surface area (Å²) in [5.74, 6) is 1.38. The van der Waals surface area contributed by atoms with Crippen LogP contribution in [0.1, 0.15) is 11.1 Å². The molecule has 0 spiro atoms. The van der Waals surface area contributed by atoms with Crippen molar-refractivity contribution in [1.29, 1.82) is 0 Å². The minimum Gasteiger partial charge on any atom is -0.508 e.